The maximum absolute atomic E-state index is 11.7. The first kappa shape index (κ1) is 18.0. The molecule has 22 heavy (non-hydrogen) atoms. The van der Waals surface area contributed by atoms with Gasteiger partial charge in [-0.2, -0.15) is 0 Å². The first-order valence-corrected chi connectivity index (χ1v) is 7.80. The van der Waals surface area contributed by atoms with Crippen molar-refractivity contribution in [2.75, 3.05) is 0 Å². The Morgan fingerprint density at radius 1 is 1.14 bits per heavy atom. The molecule has 1 aromatic carbocycles. The second-order valence-corrected chi connectivity index (χ2v) is 5.34. The molecule has 0 aliphatic carbocycles. The molecule has 0 heterocycles. The normalized spacial score (nSPS) is 11.5. The predicted octanol–water partition coefficient (Wildman–Crippen LogP) is 3.98. The summed E-state index contributed by atoms with van der Waals surface area (Å²) in [6, 6.07) is 9.29. The predicted molar refractivity (Wildman–Crippen MR) is 83.8 cm³/mol. The van der Waals surface area contributed by atoms with Crippen LogP contribution in [0.4, 0.5) is 4.79 Å². The maximum atomic E-state index is 11.7. The third kappa shape index (κ3) is 7.67. The summed E-state index contributed by atoms with van der Waals surface area (Å²) in [5.41, 5.74) is 2.89. The van der Waals surface area contributed by atoms with Gasteiger partial charge in [0.2, 0.25) is 0 Å². The number of amides is 1. The van der Waals surface area contributed by atoms with Crippen molar-refractivity contribution in [1.82, 2.24) is 5.48 Å². The van der Waals surface area contributed by atoms with E-state index >= 15 is 0 Å². The zero-order valence-electron chi connectivity index (χ0n) is 13.3. The van der Waals surface area contributed by atoms with Crippen LogP contribution >= 0.6 is 0 Å². The van der Waals surface area contributed by atoms with Crippen molar-refractivity contribution >= 4 is 12.1 Å². The van der Waals surface area contributed by atoms with Gasteiger partial charge in [-0.3, -0.25) is 0 Å². The van der Waals surface area contributed by atoms with Crippen LogP contribution in [-0.4, -0.2) is 12.1 Å². The molecule has 0 aromatic heterocycles. The zero-order chi connectivity index (χ0) is 16.2. The van der Waals surface area contributed by atoms with Crippen LogP contribution in [0.2, 0.25) is 0 Å². The van der Waals surface area contributed by atoms with Crippen molar-refractivity contribution in [3.8, 4) is 0 Å². The van der Waals surface area contributed by atoms with Crippen molar-refractivity contribution in [1.29, 1.82) is 0 Å². The fourth-order valence-electron chi connectivity index (χ4n) is 1.94. The van der Waals surface area contributed by atoms with Crippen LogP contribution < -0.4 is 5.48 Å². The largest absolute Gasteiger partial charge is 0.443 e. The third-order valence-electron chi connectivity index (χ3n) is 3.34. The Hall–Kier alpha value is -2.04. The average molecular weight is 307 g/mol. The van der Waals surface area contributed by atoms with Gasteiger partial charge in [-0.15, -0.1) is 5.48 Å². The summed E-state index contributed by atoms with van der Waals surface area (Å²) in [5.74, 6) is -0.667. The lowest BCUT2D eigenvalue weighted by molar-refractivity contribution is -0.154. The summed E-state index contributed by atoms with van der Waals surface area (Å²) < 4.78 is 4.94. The van der Waals surface area contributed by atoms with Crippen molar-refractivity contribution in [3.63, 3.8) is 0 Å². The van der Waals surface area contributed by atoms with Gasteiger partial charge in [-0.05, 0) is 12.0 Å². The van der Waals surface area contributed by atoms with E-state index in [1.165, 1.54) is 6.42 Å². The van der Waals surface area contributed by atoms with Crippen molar-refractivity contribution in [3.05, 3.63) is 35.9 Å². The van der Waals surface area contributed by atoms with Gasteiger partial charge in [0.1, 0.15) is 6.61 Å². The topological polar surface area (TPSA) is 64.6 Å². The van der Waals surface area contributed by atoms with Gasteiger partial charge < -0.3 is 9.57 Å². The van der Waals surface area contributed by atoms with Crippen LogP contribution in [0.15, 0.2) is 30.3 Å². The van der Waals surface area contributed by atoms with E-state index in [1.807, 2.05) is 35.8 Å². The monoisotopic (exact) mass is 307 g/mol. The third-order valence-corrected chi connectivity index (χ3v) is 3.34. The molecule has 1 aromatic rings. The smallest absolute Gasteiger partial charge is 0.441 e. The summed E-state index contributed by atoms with van der Waals surface area (Å²) in [6.07, 6.45) is 4.43. The van der Waals surface area contributed by atoms with Crippen LogP contribution in [0.25, 0.3) is 0 Å². The highest BCUT2D eigenvalue weighted by molar-refractivity contribution is 5.74. The van der Waals surface area contributed by atoms with Gasteiger partial charge in [0.05, 0.1) is 5.92 Å². The van der Waals surface area contributed by atoms with Crippen molar-refractivity contribution in [2.45, 2.75) is 52.6 Å². The lowest BCUT2D eigenvalue weighted by atomic mass is 10.0. The first-order chi connectivity index (χ1) is 10.6. The molecular formula is C17H25NO4. The highest BCUT2D eigenvalue weighted by Crippen LogP contribution is 2.11. The number of rotatable bonds is 8. The summed E-state index contributed by atoms with van der Waals surface area (Å²) in [4.78, 5) is 27.9. The molecule has 1 unspecified atom stereocenters. The molecule has 1 amide bonds. The van der Waals surface area contributed by atoms with E-state index in [9.17, 15) is 9.59 Å². The van der Waals surface area contributed by atoms with E-state index in [4.69, 9.17) is 9.57 Å². The van der Waals surface area contributed by atoms with Crippen molar-refractivity contribution < 1.29 is 19.2 Å². The lowest BCUT2D eigenvalue weighted by Gasteiger charge is -2.11. The Balaban J connectivity index is 2.15. The van der Waals surface area contributed by atoms with Gasteiger partial charge in [0.25, 0.3) is 0 Å². The molecule has 1 atom stereocenters. The molecule has 0 aliphatic heterocycles. The quantitative estimate of drug-likeness (QED) is 0.583. The molecular weight excluding hydrogens is 282 g/mol. The number of unbranched alkanes of at least 4 members (excludes halogenated alkanes) is 3. The van der Waals surface area contributed by atoms with Crippen LogP contribution in [0.1, 0.15) is 51.5 Å². The number of carbonyl (C=O) groups is 2. The van der Waals surface area contributed by atoms with Crippen LogP contribution in [0, 0.1) is 5.92 Å². The molecule has 1 N–H and O–H groups in total. The number of ether oxygens (including phenoxy) is 1. The van der Waals surface area contributed by atoms with Crippen molar-refractivity contribution in [2.24, 2.45) is 5.92 Å². The average Bonchev–Trinajstić information content (AvgIpc) is 2.55. The summed E-state index contributed by atoms with van der Waals surface area (Å²) in [6.45, 7) is 4.07. The van der Waals surface area contributed by atoms with Gasteiger partial charge in [-0.1, -0.05) is 69.9 Å². The van der Waals surface area contributed by atoms with E-state index < -0.39 is 12.1 Å². The highest BCUT2D eigenvalue weighted by Gasteiger charge is 2.16. The summed E-state index contributed by atoms with van der Waals surface area (Å²) in [7, 11) is 0. The van der Waals surface area contributed by atoms with Gasteiger partial charge in [0.15, 0.2) is 0 Å². The van der Waals surface area contributed by atoms with E-state index in [1.54, 1.807) is 6.92 Å². The van der Waals surface area contributed by atoms with Crippen LogP contribution in [-0.2, 0) is 21.0 Å². The Morgan fingerprint density at radius 2 is 1.86 bits per heavy atom. The Kier molecular flexibility index (Phi) is 8.72. The number of nitrogens with one attached hydrogen (secondary N) is 1. The van der Waals surface area contributed by atoms with Gasteiger partial charge in [0, 0.05) is 0 Å². The molecule has 1 rings (SSSR count). The van der Waals surface area contributed by atoms with Gasteiger partial charge in [-0.25, -0.2) is 9.59 Å². The molecule has 0 aliphatic rings. The molecule has 0 saturated carbocycles. The summed E-state index contributed by atoms with van der Waals surface area (Å²) in [5, 5.41) is 0. The molecule has 0 fully saturated rings. The number of carbonyl (C=O) groups excluding carboxylic acids is 2. The zero-order valence-corrected chi connectivity index (χ0v) is 13.3. The number of hydrogen-bond acceptors (Lipinski definition) is 4. The minimum atomic E-state index is -0.768. The molecule has 5 heteroatoms. The fourth-order valence-corrected chi connectivity index (χ4v) is 1.94. The molecule has 0 spiro atoms. The van der Waals surface area contributed by atoms with Gasteiger partial charge >= 0.3 is 12.1 Å². The highest BCUT2D eigenvalue weighted by atomic mass is 16.7. The lowest BCUT2D eigenvalue weighted by Crippen LogP contribution is -2.30. The number of hydrogen-bond donors (Lipinski definition) is 1. The standard InChI is InChI=1S/C17H25NO4/c1-3-4-5-7-10-14(2)16(19)22-18-17(20)21-13-15-11-8-6-9-12-15/h6,8-9,11-12,14H,3-5,7,10,13H2,1-2H3,(H,18,20). The van der Waals surface area contributed by atoms with E-state index in [0.717, 1.165) is 31.2 Å². The molecule has 0 radical (unpaired) electrons. The Labute approximate surface area is 131 Å². The molecule has 0 saturated heterocycles. The Bertz CT molecular complexity index is 447. The van der Waals surface area contributed by atoms with Crippen LogP contribution in [0.5, 0.6) is 0 Å². The SMILES string of the molecule is CCCCCCC(C)C(=O)ONC(=O)OCc1ccccc1. The number of hydroxylamine groups is 1. The molecule has 5 nitrogen and oxygen atoms in total. The first-order valence-electron chi connectivity index (χ1n) is 7.80. The van der Waals surface area contributed by atoms with E-state index in [0.29, 0.717) is 0 Å². The minimum absolute atomic E-state index is 0.136. The minimum Gasteiger partial charge on any atom is -0.443 e. The van der Waals surface area contributed by atoms with Crippen LogP contribution in [0.3, 0.4) is 0 Å². The fraction of sp³-hybridized carbons (Fsp3) is 0.529. The van der Waals surface area contributed by atoms with E-state index in [-0.39, 0.29) is 12.5 Å². The number of benzene rings is 1. The molecule has 0 bridgehead atoms. The summed E-state index contributed by atoms with van der Waals surface area (Å²) >= 11 is 0. The molecule has 122 valence electrons. The second kappa shape index (κ2) is 10.7. The maximum Gasteiger partial charge on any atom is 0.441 e. The Morgan fingerprint density at radius 3 is 2.55 bits per heavy atom. The second-order valence-electron chi connectivity index (χ2n) is 5.34. The van der Waals surface area contributed by atoms with E-state index in [2.05, 4.69) is 6.92 Å².